The fourth-order valence-corrected chi connectivity index (χ4v) is 2.72. The number of carbonyl (C=O) groups is 2. The van der Waals surface area contributed by atoms with Gasteiger partial charge in [-0.25, -0.2) is 0 Å². The second-order valence-corrected chi connectivity index (χ2v) is 7.10. The van der Waals surface area contributed by atoms with Crippen LogP contribution < -0.4 is 10.1 Å². The highest BCUT2D eigenvalue weighted by molar-refractivity contribution is 5.78. The third-order valence-electron chi connectivity index (χ3n) is 4.60. The molecule has 2 rings (SSSR count). The second kappa shape index (κ2) is 8.85. The van der Waals surface area contributed by atoms with Gasteiger partial charge >= 0.3 is 5.97 Å². The Morgan fingerprint density at radius 3 is 2.60 bits per heavy atom. The molecule has 1 fully saturated rings. The molecule has 0 aliphatic carbocycles. The molecule has 1 amide bonds. The Labute approximate surface area is 149 Å². The molecule has 0 spiro atoms. The number of nitrogens with one attached hydrogen (secondary N) is 1. The molecule has 0 aromatic heterocycles. The maximum atomic E-state index is 12.1. The molecule has 1 saturated heterocycles. The molecular formula is C19H28N2O4. The van der Waals surface area contributed by atoms with Gasteiger partial charge in [-0.1, -0.05) is 18.2 Å². The van der Waals surface area contributed by atoms with Gasteiger partial charge in [-0.05, 0) is 45.7 Å². The van der Waals surface area contributed by atoms with Gasteiger partial charge in [0.2, 0.25) is 0 Å². The minimum Gasteiger partial charge on any atom is -0.483 e. The highest BCUT2D eigenvalue weighted by atomic mass is 16.5. The van der Waals surface area contributed by atoms with Crippen LogP contribution in [0.1, 0.15) is 38.7 Å². The van der Waals surface area contributed by atoms with E-state index >= 15 is 0 Å². The first kappa shape index (κ1) is 19.2. The van der Waals surface area contributed by atoms with Gasteiger partial charge in [0.15, 0.2) is 6.61 Å². The van der Waals surface area contributed by atoms with Crippen molar-refractivity contribution in [2.45, 2.75) is 39.7 Å². The Hall–Kier alpha value is -2.08. The lowest BCUT2D eigenvalue weighted by molar-refractivity contribution is -0.147. The van der Waals surface area contributed by atoms with Gasteiger partial charge in [0.25, 0.3) is 5.91 Å². The maximum absolute atomic E-state index is 12.1. The number of amides is 1. The third kappa shape index (κ3) is 5.74. The average molecular weight is 348 g/mol. The molecule has 1 aromatic rings. The van der Waals surface area contributed by atoms with Crippen LogP contribution in [0.5, 0.6) is 5.75 Å². The summed E-state index contributed by atoms with van der Waals surface area (Å²) in [4.78, 5) is 25.0. The number of benzene rings is 1. The second-order valence-electron chi connectivity index (χ2n) is 7.10. The highest BCUT2D eigenvalue weighted by Gasteiger charge is 2.26. The van der Waals surface area contributed by atoms with Crippen molar-refractivity contribution in [2.24, 2.45) is 5.41 Å². The van der Waals surface area contributed by atoms with E-state index in [4.69, 9.17) is 9.84 Å². The molecule has 0 bridgehead atoms. The molecular weight excluding hydrogens is 320 g/mol. The van der Waals surface area contributed by atoms with Crippen molar-refractivity contribution in [2.75, 3.05) is 26.2 Å². The number of carboxylic acid groups (broad SMARTS) is 1. The van der Waals surface area contributed by atoms with Crippen molar-refractivity contribution >= 4 is 11.9 Å². The molecule has 2 N–H and O–H groups in total. The standard InChI is InChI=1S/C19H28N2O4/c1-19(2,18(23)24)9-10-20-13-15-7-3-4-8-16(15)25-14-17(22)21-11-5-6-12-21/h3-4,7-8,20H,5-6,9-14H2,1-2H3,(H,23,24). The normalized spacial score (nSPS) is 14.6. The van der Waals surface area contributed by atoms with Gasteiger partial charge in [-0.2, -0.15) is 0 Å². The van der Waals surface area contributed by atoms with Crippen LogP contribution in [-0.4, -0.2) is 48.1 Å². The van der Waals surface area contributed by atoms with Crippen LogP contribution in [0.4, 0.5) is 0 Å². The molecule has 0 unspecified atom stereocenters. The van der Waals surface area contributed by atoms with Crippen molar-refractivity contribution in [3.05, 3.63) is 29.8 Å². The van der Waals surface area contributed by atoms with Crippen molar-refractivity contribution in [1.82, 2.24) is 10.2 Å². The Bertz CT molecular complexity index is 595. The number of rotatable bonds is 9. The van der Waals surface area contributed by atoms with Crippen molar-refractivity contribution in [3.63, 3.8) is 0 Å². The van der Waals surface area contributed by atoms with E-state index in [-0.39, 0.29) is 12.5 Å². The number of nitrogens with zero attached hydrogens (tertiary/aromatic N) is 1. The predicted octanol–water partition coefficient (Wildman–Crippen LogP) is 2.28. The molecule has 1 heterocycles. The maximum Gasteiger partial charge on any atom is 0.309 e. The van der Waals surface area contributed by atoms with E-state index in [1.54, 1.807) is 13.8 Å². The topological polar surface area (TPSA) is 78.9 Å². The molecule has 6 nitrogen and oxygen atoms in total. The molecule has 0 radical (unpaired) electrons. The molecule has 0 saturated carbocycles. The van der Waals surface area contributed by atoms with Crippen LogP contribution >= 0.6 is 0 Å². The summed E-state index contributed by atoms with van der Waals surface area (Å²) >= 11 is 0. The minimum absolute atomic E-state index is 0.0310. The van der Waals surface area contributed by atoms with Crippen LogP contribution in [0.3, 0.4) is 0 Å². The van der Waals surface area contributed by atoms with E-state index in [1.807, 2.05) is 29.2 Å². The summed E-state index contributed by atoms with van der Waals surface area (Å²) in [5, 5.41) is 12.4. The Morgan fingerprint density at radius 1 is 1.24 bits per heavy atom. The number of carboxylic acids is 1. The molecule has 1 aliphatic rings. The van der Waals surface area contributed by atoms with E-state index < -0.39 is 11.4 Å². The smallest absolute Gasteiger partial charge is 0.309 e. The zero-order chi connectivity index (χ0) is 18.3. The molecule has 138 valence electrons. The van der Waals surface area contributed by atoms with Gasteiger partial charge < -0.3 is 20.1 Å². The third-order valence-corrected chi connectivity index (χ3v) is 4.60. The molecule has 1 aliphatic heterocycles. The number of carbonyl (C=O) groups excluding carboxylic acids is 1. The highest BCUT2D eigenvalue weighted by Crippen LogP contribution is 2.21. The Morgan fingerprint density at radius 2 is 1.92 bits per heavy atom. The van der Waals surface area contributed by atoms with E-state index in [0.29, 0.717) is 25.3 Å². The number of para-hydroxylation sites is 1. The van der Waals surface area contributed by atoms with Crippen LogP contribution in [0.25, 0.3) is 0 Å². The number of likely N-dealkylation sites (tertiary alicyclic amines) is 1. The number of hydrogen-bond donors (Lipinski definition) is 2. The summed E-state index contributed by atoms with van der Waals surface area (Å²) < 4.78 is 5.72. The fraction of sp³-hybridized carbons (Fsp3) is 0.579. The summed E-state index contributed by atoms with van der Waals surface area (Å²) in [5.74, 6) is -0.0676. The first-order chi connectivity index (χ1) is 11.9. The van der Waals surface area contributed by atoms with Crippen LogP contribution in [0, 0.1) is 5.41 Å². The Kier molecular flexibility index (Phi) is 6.82. The van der Waals surface area contributed by atoms with E-state index in [2.05, 4.69) is 5.32 Å². The van der Waals surface area contributed by atoms with E-state index in [9.17, 15) is 9.59 Å². The van der Waals surface area contributed by atoms with E-state index in [0.717, 1.165) is 31.5 Å². The molecule has 25 heavy (non-hydrogen) atoms. The molecule has 6 heteroatoms. The fourth-order valence-electron chi connectivity index (χ4n) is 2.72. The SMILES string of the molecule is CC(C)(CCNCc1ccccc1OCC(=O)N1CCCC1)C(=O)O. The minimum atomic E-state index is -0.793. The number of ether oxygens (including phenoxy) is 1. The summed E-state index contributed by atoms with van der Waals surface area (Å²) in [7, 11) is 0. The van der Waals surface area contributed by atoms with Gasteiger partial charge in [0.05, 0.1) is 5.41 Å². The zero-order valence-electron chi connectivity index (χ0n) is 15.1. The lowest BCUT2D eigenvalue weighted by Crippen LogP contribution is -2.32. The largest absolute Gasteiger partial charge is 0.483 e. The first-order valence-corrected chi connectivity index (χ1v) is 8.83. The molecule has 0 atom stereocenters. The van der Waals surface area contributed by atoms with Crippen LogP contribution in [0.15, 0.2) is 24.3 Å². The van der Waals surface area contributed by atoms with Gasteiger partial charge in [-0.3, -0.25) is 9.59 Å². The lowest BCUT2D eigenvalue weighted by Gasteiger charge is -2.19. The van der Waals surface area contributed by atoms with Gasteiger partial charge in [0, 0.05) is 25.2 Å². The number of hydrogen-bond acceptors (Lipinski definition) is 4. The summed E-state index contributed by atoms with van der Waals surface area (Å²) in [6, 6.07) is 7.61. The van der Waals surface area contributed by atoms with Gasteiger partial charge in [-0.15, -0.1) is 0 Å². The van der Waals surface area contributed by atoms with Crippen molar-refractivity contribution < 1.29 is 19.4 Å². The summed E-state index contributed by atoms with van der Waals surface area (Å²) in [6.45, 7) is 6.32. The quantitative estimate of drug-likeness (QED) is 0.670. The average Bonchev–Trinajstić information content (AvgIpc) is 3.12. The zero-order valence-corrected chi connectivity index (χ0v) is 15.1. The lowest BCUT2D eigenvalue weighted by atomic mass is 9.90. The number of aliphatic carboxylic acids is 1. The van der Waals surface area contributed by atoms with E-state index in [1.165, 1.54) is 0 Å². The van der Waals surface area contributed by atoms with Crippen molar-refractivity contribution in [1.29, 1.82) is 0 Å². The monoisotopic (exact) mass is 348 g/mol. The summed E-state index contributed by atoms with van der Waals surface area (Å²) in [6.07, 6.45) is 2.68. The Balaban J connectivity index is 1.81. The predicted molar refractivity (Wildman–Crippen MR) is 95.5 cm³/mol. The van der Waals surface area contributed by atoms with Gasteiger partial charge in [0.1, 0.15) is 5.75 Å². The van der Waals surface area contributed by atoms with Crippen molar-refractivity contribution in [3.8, 4) is 5.75 Å². The first-order valence-electron chi connectivity index (χ1n) is 8.83. The molecule has 1 aromatic carbocycles. The van der Waals surface area contributed by atoms with Crippen LogP contribution in [0.2, 0.25) is 0 Å². The van der Waals surface area contributed by atoms with Crippen LogP contribution in [-0.2, 0) is 16.1 Å². The summed E-state index contributed by atoms with van der Waals surface area (Å²) in [5.41, 5.74) is 0.218.